The van der Waals surface area contributed by atoms with Gasteiger partial charge in [-0.1, -0.05) is 121 Å². The predicted molar refractivity (Wildman–Crippen MR) is 198 cm³/mol. The molecule has 222 valence electrons. The molecule has 2 aromatic heterocycles. The smallest absolute Gasteiger partial charge is 0.137 e. The van der Waals surface area contributed by atoms with Crippen LogP contribution in [0.15, 0.2) is 174 Å². The van der Waals surface area contributed by atoms with E-state index in [0.717, 1.165) is 59.8 Å². The summed E-state index contributed by atoms with van der Waals surface area (Å²) in [6.07, 6.45) is 0. The quantitative estimate of drug-likeness (QED) is 0.185. The molecule has 0 radical (unpaired) electrons. The average Bonchev–Trinajstić information content (AvgIpc) is 3.73. The molecule has 0 unspecified atom stereocenters. The number of nitrogens with zero attached hydrogens (tertiary/aromatic N) is 2. The van der Waals surface area contributed by atoms with Crippen LogP contribution in [0.1, 0.15) is 0 Å². The first-order chi connectivity index (χ1) is 23.3. The Balaban J connectivity index is 1.22. The minimum atomic E-state index is 0.852. The van der Waals surface area contributed by atoms with Crippen LogP contribution in [0.4, 0.5) is 17.1 Å². The Morgan fingerprint density at radius 3 is 1.57 bits per heavy atom. The first-order valence-corrected chi connectivity index (χ1v) is 16.5. The summed E-state index contributed by atoms with van der Waals surface area (Å²) in [4.78, 5) is 7.39. The van der Waals surface area contributed by atoms with E-state index in [9.17, 15) is 0 Å². The average molecular weight is 621 g/mol. The summed E-state index contributed by atoms with van der Waals surface area (Å²) in [6.45, 7) is 0. The van der Waals surface area contributed by atoms with E-state index in [1.54, 1.807) is 11.3 Å². The third-order valence-corrected chi connectivity index (χ3v) is 9.78. The highest BCUT2D eigenvalue weighted by molar-refractivity contribution is 7.21. The van der Waals surface area contributed by atoms with Gasteiger partial charge in [-0.25, -0.2) is 4.98 Å². The molecule has 0 aliphatic rings. The first kappa shape index (κ1) is 27.3. The van der Waals surface area contributed by atoms with Gasteiger partial charge in [0.2, 0.25) is 0 Å². The van der Waals surface area contributed by atoms with E-state index in [-0.39, 0.29) is 0 Å². The van der Waals surface area contributed by atoms with Gasteiger partial charge >= 0.3 is 0 Å². The van der Waals surface area contributed by atoms with Gasteiger partial charge in [-0.2, -0.15) is 0 Å². The standard InChI is InChI=1S/C43H28N2OS/c1-4-11-29(12-5-1)31-19-23-34(24-20-31)45(35-25-21-32(22-26-35)30-13-6-2-7-14-30)38-17-10-18-39-42(38)36-27-37-41(28-40(36)46-39)47-43(44-37)33-15-8-3-9-16-33/h1-28H. The first-order valence-electron chi connectivity index (χ1n) is 15.7. The Morgan fingerprint density at radius 1 is 0.468 bits per heavy atom. The number of rotatable bonds is 6. The van der Waals surface area contributed by atoms with Gasteiger partial charge in [-0.3, -0.25) is 0 Å². The molecule has 4 heteroatoms. The zero-order valence-electron chi connectivity index (χ0n) is 25.4. The molecule has 0 aliphatic carbocycles. The van der Waals surface area contributed by atoms with Crippen molar-refractivity contribution in [3.63, 3.8) is 0 Å². The molecule has 0 saturated carbocycles. The summed E-state index contributed by atoms with van der Waals surface area (Å²) < 4.78 is 7.66. The molecule has 9 rings (SSSR count). The maximum atomic E-state index is 6.54. The molecule has 0 amide bonds. The van der Waals surface area contributed by atoms with Crippen molar-refractivity contribution < 1.29 is 4.42 Å². The lowest BCUT2D eigenvalue weighted by Crippen LogP contribution is -2.10. The van der Waals surface area contributed by atoms with E-state index in [1.807, 2.05) is 6.07 Å². The van der Waals surface area contributed by atoms with Crippen molar-refractivity contribution in [1.29, 1.82) is 0 Å². The molecule has 0 bridgehead atoms. The maximum Gasteiger partial charge on any atom is 0.137 e. The van der Waals surface area contributed by atoms with Gasteiger partial charge in [0.05, 0.1) is 21.3 Å². The molecular formula is C43H28N2OS. The lowest BCUT2D eigenvalue weighted by atomic mass is 10.0. The van der Waals surface area contributed by atoms with E-state index in [4.69, 9.17) is 9.40 Å². The van der Waals surface area contributed by atoms with E-state index >= 15 is 0 Å². The zero-order chi connectivity index (χ0) is 31.2. The van der Waals surface area contributed by atoms with Crippen molar-refractivity contribution in [1.82, 2.24) is 4.98 Å². The van der Waals surface area contributed by atoms with Crippen LogP contribution < -0.4 is 4.90 Å². The molecule has 0 fully saturated rings. The van der Waals surface area contributed by atoms with Crippen LogP contribution in [0, 0.1) is 0 Å². The number of thiazole rings is 1. The number of hydrogen-bond acceptors (Lipinski definition) is 4. The van der Waals surface area contributed by atoms with Crippen molar-refractivity contribution in [2.45, 2.75) is 0 Å². The number of benzene rings is 7. The second kappa shape index (κ2) is 11.4. The Labute approximate surface area is 276 Å². The topological polar surface area (TPSA) is 29.3 Å². The lowest BCUT2D eigenvalue weighted by Gasteiger charge is -2.26. The van der Waals surface area contributed by atoms with E-state index in [0.29, 0.717) is 0 Å². The molecule has 9 aromatic rings. The third kappa shape index (κ3) is 4.96. The maximum absolute atomic E-state index is 6.54. The SMILES string of the molecule is c1ccc(-c2ccc(N(c3ccc(-c4ccccc4)cc3)c3cccc4oc5cc6sc(-c7ccccc7)nc6cc5c34)cc2)cc1. The number of aromatic nitrogens is 1. The molecule has 7 aromatic carbocycles. The molecule has 2 heterocycles. The molecule has 0 spiro atoms. The van der Waals surface area contributed by atoms with Crippen LogP contribution in [0.2, 0.25) is 0 Å². The van der Waals surface area contributed by atoms with Crippen molar-refractivity contribution in [3.8, 4) is 32.8 Å². The van der Waals surface area contributed by atoms with Crippen LogP contribution in [-0.2, 0) is 0 Å². The molecule has 47 heavy (non-hydrogen) atoms. The predicted octanol–water partition coefficient (Wildman–Crippen LogP) is 12.7. The fraction of sp³-hybridized carbons (Fsp3) is 0. The number of hydrogen-bond donors (Lipinski definition) is 0. The van der Waals surface area contributed by atoms with Crippen LogP contribution in [0.3, 0.4) is 0 Å². The van der Waals surface area contributed by atoms with E-state index in [1.165, 1.54) is 22.3 Å². The fourth-order valence-electron chi connectivity index (χ4n) is 6.41. The highest BCUT2D eigenvalue weighted by Gasteiger charge is 2.21. The lowest BCUT2D eigenvalue weighted by molar-refractivity contribution is 0.669. The van der Waals surface area contributed by atoms with Gasteiger partial charge in [0.25, 0.3) is 0 Å². The van der Waals surface area contributed by atoms with Gasteiger partial charge in [0.1, 0.15) is 16.2 Å². The van der Waals surface area contributed by atoms with Gasteiger partial charge < -0.3 is 9.32 Å². The zero-order valence-corrected chi connectivity index (χ0v) is 26.2. The van der Waals surface area contributed by atoms with Crippen molar-refractivity contribution in [3.05, 3.63) is 170 Å². The Bertz CT molecular complexity index is 2400. The van der Waals surface area contributed by atoms with Gasteiger partial charge in [0.15, 0.2) is 0 Å². The monoisotopic (exact) mass is 620 g/mol. The number of anilines is 3. The van der Waals surface area contributed by atoms with Crippen molar-refractivity contribution in [2.75, 3.05) is 4.90 Å². The minimum Gasteiger partial charge on any atom is -0.456 e. The Morgan fingerprint density at radius 2 is 1.00 bits per heavy atom. The number of fused-ring (bicyclic) bond motifs is 4. The summed E-state index contributed by atoms with van der Waals surface area (Å²) in [5, 5.41) is 3.13. The molecule has 0 saturated heterocycles. The normalized spacial score (nSPS) is 11.4. The van der Waals surface area contributed by atoms with Crippen LogP contribution >= 0.6 is 11.3 Å². The summed E-state index contributed by atoms with van der Waals surface area (Å²) in [6, 6.07) is 59.7. The molecule has 0 N–H and O–H groups in total. The molecule has 3 nitrogen and oxygen atoms in total. The van der Waals surface area contributed by atoms with Crippen LogP contribution in [-0.4, -0.2) is 4.98 Å². The van der Waals surface area contributed by atoms with Crippen LogP contribution in [0.5, 0.6) is 0 Å². The van der Waals surface area contributed by atoms with E-state index in [2.05, 4.69) is 169 Å². The van der Waals surface area contributed by atoms with Gasteiger partial charge in [-0.15, -0.1) is 11.3 Å². The minimum absolute atomic E-state index is 0.852. The summed E-state index contributed by atoms with van der Waals surface area (Å²) >= 11 is 1.70. The summed E-state index contributed by atoms with van der Waals surface area (Å²) in [5.74, 6) is 0. The second-order valence-electron chi connectivity index (χ2n) is 11.6. The highest BCUT2D eigenvalue weighted by atomic mass is 32.1. The highest BCUT2D eigenvalue weighted by Crippen LogP contribution is 2.45. The molecular weight excluding hydrogens is 593 g/mol. The van der Waals surface area contributed by atoms with Gasteiger partial charge in [0, 0.05) is 28.4 Å². The van der Waals surface area contributed by atoms with Crippen molar-refractivity contribution in [2.24, 2.45) is 0 Å². The van der Waals surface area contributed by atoms with Crippen molar-refractivity contribution >= 4 is 60.6 Å². The Kier molecular flexibility index (Phi) is 6.65. The summed E-state index contributed by atoms with van der Waals surface area (Å²) in [7, 11) is 0. The second-order valence-corrected chi connectivity index (χ2v) is 12.6. The number of furan rings is 1. The third-order valence-electron chi connectivity index (χ3n) is 8.71. The van der Waals surface area contributed by atoms with Crippen LogP contribution in [0.25, 0.3) is 65.0 Å². The largest absolute Gasteiger partial charge is 0.456 e. The fourth-order valence-corrected chi connectivity index (χ4v) is 7.40. The van der Waals surface area contributed by atoms with Gasteiger partial charge in [-0.05, 0) is 64.7 Å². The molecule has 0 aliphatic heterocycles. The van der Waals surface area contributed by atoms with E-state index < -0.39 is 0 Å². The Hall–Kier alpha value is -5.97. The summed E-state index contributed by atoms with van der Waals surface area (Å²) in [5.41, 5.74) is 11.8. The molecule has 0 atom stereocenters.